The summed E-state index contributed by atoms with van der Waals surface area (Å²) in [6, 6.07) is 18.1. The number of piperazine rings is 1. The molecule has 5 rings (SSSR count). The van der Waals surface area contributed by atoms with E-state index in [0.29, 0.717) is 11.1 Å². The number of nitrogens with zero attached hydrogens (tertiary/aromatic N) is 5. The second-order valence-electron chi connectivity index (χ2n) is 9.13. The van der Waals surface area contributed by atoms with Gasteiger partial charge in [-0.15, -0.1) is 0 Å². The molecule has 2 aliphatic heterocycles. The summed E-state index contributed by atoms with van der Waals surface area (Å²) >= 11 is 0. The minimum absolute atomic E-state index is 0.0974. The standard InChI is InChI=1S/C29H29N5O/c1-3-28(24-6-4-22(18-30)5-7-24)34-20-27(31-19-21(34)2)23-8-10-25(11-9-23)29(35)33-16-14-32(15-17-33)26-12-13-26/h3-11,19-20,26H,2,12-17H2,1H3/b28-3-. The quantitative estimate of drug-likeness (QED) is 0.643. The number of carbonyl (C=O) groups excluding carboxylic acids is 1. The van der Waals surface area contributed by atoms with E-state index < -0.39 is 0 Å². The molecule has 2 fully saturated rings. The molecule has 0 bridgehead atoms. The van der Waals surface area contributed by atoms with Crippen LogP contribution in [0.15, 0.2) is 78.1 Å². The van der Waals surface area contributed by atoms with Crippen LogP contribution in [0, 0.1) is 11.3 Å². The van der Waals surface area contributed by atoms with Gasteiger partial charge in [-0.2, -0.15) is 5.26 Å². The number of aliphatic imine (C=N–C) groups is 1. The van der Waals surface area contributed by atoms with Crippen LogP contribution in [0.4, 0.5) is 0 Å². The van der Waals surface area contributed by atoms with Gasteiger partial charge < -0.3 is 9.80 Å². The lowest BCUT2D eigenvalue weighted by molar-refractivity contribution is 0.0627. The fourth-order valence-corrected chi connectivity index (χ4v) is 4.67. The molecule has 0 aromatic heterocycles. The van der Waals surface area contributed by atoms with E-state index in [0.717, 1.165) is 60.4 Å². The molecule has 2 aromatic carbocycles. The van der Waals surface area contributed by atoms with Gasteiger partial charge in [0, 0.05) is 55.2 Å². The van der Waals surface area contributed by atoms with E-state index in [-0.39, 0.29) is 5.91 Å². The molecule has 0 radical (unpaired) electrons. The van der Waals surface area contributed by atoms with Crippen molar-refractivity contribution in [2.45, 2.75) is 25.8 Å². The SMILES string of the molecule is C=C1C=NC(c2ccc(C(=O)N3CCN(C4CC4)CC3)cc2)=CN1/C(=C\C)c1ccc(C#N)cc1. The van der Waals surface area contributed by atoms with Gasteiger partial charge in [-0.3, -0.25) is 14.7 Å². The van der Waals surface area contributed by atoms with Crippen molar-refractivity contribution >= 4 is 23.5 Å². The largest absolute Gasteiger partial charge is 0.336 e. The molecule has 1 amide bonds. The van der Waals surface area contributed by atoms with Crippen molar-refractivity contribution in [3.05, 3.63) is 95.3 Å². The second kappa shape index (κ2) is 9.73. The normalized spacial score (nSPS) is 18.9. The smallest absolute Gasteiger partial charge is 0.253 e. The third-order valence-corrected chi connectivity index (χ3v) is 6.85. The lowest BCUT2D eigenvalue weighted by Gasteiger charge is -2.34. The number of hydrogen-bond acceptors (Lipinski definition) is 5. The summed E-state index contributed by atoms with van der Waals surface area (Å²) < 4.78 is 0. The molecule has 0 N–H and O–H groups in total. The monoisotopic (exact) mass is 463 g/mol. The number of hydrogen-bond donors (Lipinski definition) is 0. The van der Waals surface area contributed by atoms with Gasteiger partial charge in [0.1, 0.15) is 0 Å². The highest BCUT2D eigenvalue weighted by molar-refractivity contribution is 5.95. The Morgan fingerprint density at radius 2 is 1.69 bits per heavy atom. The first-order chi connectivity index (χ1) is 17.1. The van der Waals surface area contributed by atoms with Crippen LogP contribution in [0.1, 0.15) is 46.8 Å². The van der Waals surface area contributed by atoms with Crippen molar-refractivity contribution in [3.63, 3.8) is 0 Å². The van der Waals surface area contributed by atoms with Gasteiger partial charge in [0.05, 0.1) is 29.2 Å². The van der Waals surface area contributed by atoms with Crippen LogP contribution in [0.25, 0.3) is 11.4 Å². The van der Waals surface area contributed by atoms with E-state index in [1.165, 1.54) is 12.8 Å². The third-order valence-electron chi connectivity index (χ3n) is 6.85. The fraction of sp³-hybridized carbons (Fsp3) is 0.276. The molecule has 6 nitrogen and oxygen atoms in total. The maximum Gasteiger partial charge on any atom is 0.253 e. The highest BCUT2D eigenvalue weighted by Gasteiger charge is 2.32. The molecule has 1 saturated heterocycles. The number of nitriles is 1. The van der Waals surface area contributed by atoms with Crippen LogP contribution in [-0.2, 0) is 0 Å². The second-order valence-corrected chi connectivity index (χ2v) is 9.13. The molecule has 2 aromatic rings. The number of rotatable bonds is 5. The fourth-order valence-electron chi connectivity index (χ4n) is 4.67. The predicted octanol–water partition coefficient (Wildman–Crippen LogP) is 4.74. The Balaban J connectivity index is 1.31. The number of amides is 1. The van der Waals surface area contributed by atoms with E-state index in [9.17, 15) is 4.79 Å². The summed E-state index contributed by atoms with van der Waals surface area (Å²) in [6.07, 6.45) is 8.35. The number of allylic oxidation sites excluding steroid dienone is 2. The number of carbonyl (C=O) groups is 1. The van der Waals surface area contributed by atoms with Gasteiger partial charge in [-0.05, 0) is 49.6 Å². The van der Waals surface area contributed by atoms with Crippen molar-refractivity contribution in [1.29, 1.82) is 5.26 Å². The van der Waals surface area contributed by atoms with Gasteiger partial charge in [0.2, 0.25) is 0 Å². The van der Waals surface area contributed by atoms with Crippen LogP contribution in [0.3, 0.4) is 0 Å². The molecule has 0 atom stereocenters. The van der Waals surface area contributed by atoms with Crippen LogP contribution >= 0.6 is 0 Å². The minimum atomic E-state index is 0.0974. The summed E-state index contributed by atoms with van der Waals surface area (Å²) in [4.78, 5) is 24.1. The average Bonchev–Trinajstić information content (AvgIpc) is 3.76. The maximum atomic E-state index is 13.0. The Labute approximate surface area is 206 Å². The van der Waals surface area contributed by atoms with Crippen LogP contribution in [0.2, 0.25) is 0 Å². The predicted molar refractivity (Wildman–Crippen MR) is 139 cm³/mol. The third kappa shape index (κ3) is 4.82. The molecule has 1 saturated carbocycles. The first kappa shape index (κ1) is 22.8. The summed E-state index contributed by atoms with van der Waals surface area (Å²) in [6.45, 7) is 9.67. The van der Waals surface area contributed by atoms with Gasteiger partial charge in [-0.25, -0.2) is 0 Å². The maximum absolute atomic E-state index is 13.0. The zero-order valence-electron chi connectivity index (χ0n) is 20.0. The summed E-state index contributed by atoms with van der Waals surface area (Å²) in [5, 5.41) is 9.09. The van der Waals surface area contributed by atoms with Crippen molar-refractivity contribution in [2.24, 2.45) is 4.99 Å². The summed E-state index contributed by atoms with van der Waals surface area (Å²) in [5.41, 5.74) is 5.76. The Morgan fingerprint density at radius 3 is 2.29 bits per heavy atom. The first-order valence-electron chi connectivity index (χ1n) is 12.1. The molecular weight excluding hydrogens is 434 g/mol. The Morgan fingerprint density at radius 1 is 1.03 bits per heavy atom. The highest BCUT2D eigenvalue weighted by Crippen LogP contribution is 2.30. The summed E-state index contributed by atoms with van der Waals surface area (Å²) in [5.74, 6) is 0.0974. The van der Waals surface area contributed by atoms with Crippen LogP contribution in [0.5, 0.6) is 0 Å². The van der Waals surface area contributed by atoms with Gasteiger partial charge in [0.25, 0.3) is 5.91 Å². The van der Waals surface area contributed by atoms with E-state index in [4.69, 9.17) is 5.26 Å². The zero-order chi connectivity index (χ0) is 24.4. The van der Waals surface area contributed by atoms with E-state index in [1.54, 1.807) is 6.21 Å². The minimum Gasteiger partial charge on any atom is -0.336 e. The van der Waals surface area contributed by atoms with E-state index >= 15 is 0 Å². The van der Waals surface area contributed by atoms with Gasteiger partial charge in [0.15, 0.2) is 0 Å². The average molecular weight is 464 g/mol. The highest BCUT2D eigenvalue weighted by atomic mass is 16.2. The zero-order valence-corrected chi connectivity index (χ0v) is 20.0. The molecule has 1 aliphatic carbocycles. The molecule has 2 heterocycles. The van der Waals surface area contributed by atoms with E-state index in [2.05, 4.69) is 22.5 Å². The topological polar surface area (TPSA) is 62.9 Å². The molecule has 6 heteroatoms. The summed E-state index contributed by atoms with van der Waals surface area (Å²) in [7, 11) is 0. The van der Waals surface area contributed by atoms with Crippen molar-refractivity contribution < 1.29 is 4.79 Å². The number of benzene rings is 2. The molecule has 0 spiro atoms. The molecular formula is C29H29N5O. The van der Waals surface area contributed by atoms with Gasteiger partial charge in [-0.1, -0.05) is 36.9 Å². The Hall–Kier alpha value is -3.95. The lowest BCUT2D eigenvalue weighted by atomic mass is 10.1. The van der Waals surface area contributed by atoms with Crippen molar-refractivity contribution in [3.8, 4) is 6.07 Å². The van der Waals surface area contributed by atoms with Crippen molar-refractivity contribution in [1.82, 2.24) is 14.7 Å². The molecule has 3 aliphatic rings. The van der Waals surface area contributed by atoms with E-state index in [1.807, 2.05) is 77.5 Å². The first-order valence-corrected chi connectivity index (χ1v) is 12.1. The molecule has 35 heavy (non-hydrogen) atoms. The van der Waals surface area contributed by atoms with Crippen molar-refractivity contribution in [2.75, 3.05) is 26.2 Å². The Bertz CT molecular complexity index is 1250. The molecule has 176 valence electrons. The van der Waals surface area contributed by atoms with Crippen LogP contribution < -0.4 is 0 Å². The molecule has 0 unspecified atom stereocenters. The van der Waals surface area contributed by atoms with Gasteiger partial charge >= 0.3 is 0 Å². The van der Waals surface area contributed by atoms with Crippen LogP contribution in [-0.4, -0.2) is 59.0 Å². The lowest BCUT2D eigenvalue weighted by Crippen LogP contribution is -2.49. The Kier molecular flexibility index (Phi) is 6.35.